The van der Waals surface area contributed by atoms with Crippen LogP contribution in [0.4, 0.5) is 5.82 Å². The van der Waals surface area contributed by atoms with Crippen molar-refractivity contribution in [2.24, 2.45) is 0 Å². The fourth-order valence-corrected chi connectivity index (χ4v) is 1.86. The predicted octanol–water partition coefficient (Wildman–Crippen LogP) is 2.77. The monoisotopic (exact) mass is 213 g/mol. The van der Waals surface area contributed by atoms with Gasteiger partial charge in [0.15, 0.2) is 0 Å². The third kappa shape index (κ3) is 1.73. The van der Waals surface area contributed by atoms with Gasteiger partial charge < -0.3 is 5.32 Å². The molecule has 1 aliphatic rings. The van der Waals surface area contributed by atoms with Gasteiger partial charge in [-0.2, -0.15) is 0 Å². The van der Waals surface area contributed by atoms with Crippen LogP contribution in [0.2, 0.25) is 0 Å². The maximum absolute atomic E-state index is 4.33. The first-order chi connectivity index (χ1) is 7.86. The van der Waals surface area contributed by atoms with Gasteiger partial charge >= 0.3 is 0 Å². The van der Waals surface area contributed by atoms with Crippen LogP contribution < -0.4 is 5.32 Å². The maximum Gasteiger partial charge on any atom is 0.137 e. The second kappa shape index (κ2) is 3.74. The Bertz CT molecular complexity index is 518. The van der Waals surface area contributed by atoms with Crippen LogP contribution in [0.5, 0.6) is 0 Å². The summed E-state index contributed by atoms with van der Waals surface area (Å²) in [6.07, 6.45) is 5.22. The highest BCUT2D eigenvalue weighted by atomic mass is 15.1. The van der Waals surface area contributed by atoms with Crippen LogP contribution in [0.25, 0.3) is 10.9 Å². The minimum atomic E-state index is 0.629. The summed E-state index contributed by atoms with van der Waals surface area (Å²) in [5, 5.41) is 4.58. The molecule has 16 heavy (non-hydrogen) atoms. The van der Waals surface area contributed by atoms with Crippen LogP contribution in [0.1, 0.15) is 25.3 Å². The molecule has 1 heterocycles. The predicted molar refractivity (Wildman–Crippen MR) is 65.6 cm³/mol. The number of aromatic nitrogens is 2. The number of aryl methyl sites for hydroxylation is 1. The quantitative estimate of drug-likeness (QED) is 0.852. The zero-order valence-corrected chi connectivity index (χ0v) is 9.40. The molecular formula is C13H15N3. The van der Waals surface area contributed by atoms with Gasteiger partial charge in [0.2, 0.25) is 0 Å². The van der Waals surface area contributed by atoms with Crippen molar-refractivity contribution in [3.63, 3.8) is 0 Å². The van der Waals surface area contributed by atoms with Gasteiger partial charge in [0, 0.05) is 11.4 Å². The van der Waals surface area contributed by atoms with Crippen molar-refractivity contribution in [2.75, 3.05) is 5.32 Å². The highest BCUT2D eigenvalue weighted by Crippen LogP contribution is 2.27. The van der Waals surface area contributed by atoms with Gasteiger partial charge in [-0.05, 0) is 37.0 Å². The summed E-state index contributed by atoms with van der Waals surface area (Å²) < 4.78 is 0. The minimum absolute atomic E-state index is 0.629. The van der Waals surface area contributed by atoms with Gasteiger partial charge in [0.05, 0.1) is 5.52 Å². The van der Waals surface area contributed by atoms with E-state index < -0.39 is 0 Å². The first-order valence-corrected chi connectivity index (χ1v) is 5.87. The van der Waals surface area contributed by atoms with Crippen LogP contribution in [0.3, 0.4) is 0 Å². The summed E-state index contributed by atoms with van der Waals surface area (Å²) in [5.41, 5.74) is 2.36. The van der Waals surface area contributed by atoms with Crippen molar-refractivity contribution in [2.45, 2.75) is 32.2 Å². The summed E-state index contributed by atoms with van der Waals surface area (Å²) >= 11 is 0. The Hall–Kier alpha value is -1.64. The molecule has 1 fully saturated rings. The minimum Gasteiger partial charge on any atom is -0.367 e. The number of anilines is 1. The lowest BCUT2D eigenvalue weighted by Gasteiger charge is -2.07. The Morgan fingerprint density at radius 1 is 1.31 bits per heavy atom. The van der Waals surface area contributed by atoms with E-state index in [0.29, 0.717) is 6.04 Å². The lowest BCUT2D eigenvalue weighted by Crippen LogP contribution is -2.04. The summed E-state index contributed by atoms with van der Waals surface area (Å²) in [7, 11) is 0. The number of hydrogen-bond acceptors (Lipinski definition) is 3. The van der Waals surface area contributed by atoms with Crippen molar-refractivity contribution in [3.8, 4) is 0 Å². The average molecular weight is 213 g/mol. The van der Waals surface area contributed by atoms with Gasteiger partial charge in [0.1, 0.15) is 12.1 Å². The Kier molecular flexibility index (Phi) is 2.24. The molecule has 1 N–H and O–H groups in total. The van der Waals surface area contributed by atoms with Crippen molar-refractivity contribution >= 4 is 16.7 Å². The van der Waals surface area contributed by atoms with E-state index in [-0.39, 0.29) is 0 Å². The normalized spacial score (nSPS) is 15.3. The smallest absolute Gasteiger partial charge is 0.137 e. The molecule has 0 spiro atoms. The zero-order valence-electron chi connectivity index (χ0n) is 9.40. The molecular weight excluding hydrogens is 198 g/mol. The number of fused-ring (bicyclic) bond motifs is 1. The third-order valence-electron chi connectivity index (χ3n) is 3.03. The Morgan fingerprint density at radius 2 is 2.19 bits per heavy atom. The molecule has 0 atom stereocenters. The van der Waals surface area contributed by atoms with Gasteiger partial charge in [-0.15, -0.1) is 0 Å². The van der Waals surface area contributed by atoms with Crippen molar-refractivity contribution in [1.29, 1.82) is 0 Å². The highest BCUT2D eigenvalue weighted by molar-refractivity contribution is 5.89. The molecule has 0 unspecified atom stereocenters. The molecule has 3 nitrogen and oxygen atoms in total. The van der Waals surface area contributed by atoms with E-state index in [9.17, 15) is 0 Å². The SMILES string of the molecule is CCc1ccc2c(NC3CC3)ncnc2c1. The molecule has 82 valence electrons. The second-order valence-corrected chi connectivity index (χ2v) is 4.35. The standard InChI is InChI=1S/C13H15N3/c1-2-9-3-6-11-12(7-9)14-8-15-13(11)16-10-4-5-10/h3,6-8,10H,2,4-5H2,1H3,(H,14,15,16). The molecule has 0 bridgehead atoms. The van der Waals surface area contributed by atoms with Crippen LogP contribution in [0, 0.1) is 0 Å². The van der Waals surface area contributed by atoms with Crippen molar-refractivity contribution in [1.82, 2.24) is 9.97 Å². The average Bonchev–Trinajstić information content (AvgIpc) is 3.13. The van der Waals surface area contributed by atoms with Gasteiger partial charge in [-0.3, -0.25) is 0 Å². The molecule has 0 aliphatic heterocycles. The Balaban J connectivity index is 2.07. The molecule has 1 aromatic heterocycles. The summed E-state index contributed by atoms with van der Waals surface area (Å²) in [6, 6.07) is 7.06. The molecule has 0 radical (unpaired) electrons. The van der Waals surface area contributed by atoms with Crippen molar-refractivity contribution in [3.05, 3.63) is 30.1 Å². The van der Waals surface area contributed by atoms with Crippen molar-refractivity contribution < 1.29 is 0 Å². The molecule has 3 rings (SSSR count). The van der Waals surface area contributed by atoms with E-state index in [0.717, 1.165) is 23.1 Å². The van der Waals surface area contributed by atoms with Gasteiger partial charge in [0.25, 0.3) is 0 Å². The number of rotatable bonds is 3. The summed E-state index contributed by atoms with van der Waals surface area (Å²) in [4.78, 5) is 8.65. The maximum atomic E-state index is 4.33. The zero-order chi connectivity index (χ0) is 11.0. The lowest BCUT2D eigenvalue weighted by molar-refractivity contribution is 1.10. The van der Waals surface area contributed by atoms with Crippen LogP contribution in [0.15, 0.2) is 24.5 Å². The topological polar surface area (TPSA) is 37.8 Å². The van der Waals surface area contributed by atoms with E-state index in [1.54, 1.807) is 6.33 Å². The first-order valence-electron chi connectivity index (χ1n) is 5.87. The first kappa shape index (κ1) is 9.58. The lowest BCUT2D eigenvalue weighted by atomic mass is 10.1. The number of nitrogens with one attached hydrogen (secondary N) is 1. The van der Waals surface area contributed by atoms with Crippen LogP contribution >= 0.6 is 0 Å². The highest BCUT2D eigenvalue weighted by Gasteiger charge is 2.22. The van der Waals surface area contributed by atoms with E-state index >= 15 is 0 Å². The van der Waals surface area contributed by atoms with Gasteiger partial charge in [-0.25, -0.2) is 9.97 Å². The van der Waals surface area contributed by atoms with E-state index in [4.69, 9.17) is 0 Å². The number of hydrogen-bond donors (Lipinski definition) is 1. The molecule has 0 amide bonds. The summed E-state index contributed by atoms with van der Waals surface area (Å²) in [5.74, 6) is 0.982. The second-order valence-electron chi connectivity index (χ2n) is 4.35. The molecule has 1 saturated carbocycles. The molecule has 1 aromatic carbocycles. The Morgan fingerprint density at radius 3 is 2.94 bits per heavy atom. The van der Waals surface area contributed by atoms with E-state index in [1.807, 2.05) is 0 Å². The van der Waals surface area contributed by atoms with E-state index in [2.05, 4.69) is 40.4 Å². The van der Waals surface area contributed by atoms with E-state index in [1.165, 1.54) is 18.4 Å². The molecule has 2 aromatic rings. The van der Waals surface area contributed by atoms with Crippen LogP contribution in [-0.4, -0.2) is 16.0 Å². The molecule has 0 saturated heterocycles. The van der Waals surface area contributed by atoms with Gasteiger partial charge in [-0.1, -0.05) is 13.0 Å². The number of nitrogens with zero attached hydrogens (tertiary/aromatic N) is 2. The molecule has 1 aliphatic carbocycles. The van der Waals surface area contributed by atoms with Crippen LogP contribution in [-0.2, 0) is 6.42 Å². The largest absolute Gasteiger partial charge is 0.367 e. The fraction of sp³-hybridized carbons (Fsp3) is 0.385. The summed E-state index contributed by atoms with van der Waals surface area (Å²) in [6.45, 7) is 2.16. The molecule has 3 heteroatoms. The number of benzene rings is 1. The Labute approximate surface area is 94.9 Å². The third-order valence-corrected chi connectivity index (χ3v) is 3.03. The fourth-order valence-electron chi connectivity index (χ4n) is 1.86.